The van der Waals surface area contributed by atoms with Gasteiger partial charge in [0, 0.05) is 34.0 Å². The summed E-state index contributed by atoms with van der Waals surface area (Å²) in [4.78, 5) is 8.72. The summed E-state index contributed by atoms with van der Waals surface area (Å²) in [6, 6.07) is 5.64. The maximum Gasteiger partial charge on any atom is 0.152 e. The minimum Gasteiger partial charge on any atom is -0.368 e. The fourth-order valence-electron chi connectivity index (χ4n) is 1.59. The van der Waals surface area contributed by atoms with Crippen molar-refractivity contribution in [1.29, 1.82) is 0 Å². The molecule has 0 aliphatic rings. The van der Waals surface area contributed by atoms with Gasteiger partial charge in [-0.15, -0.1) is 0 Å². The van der Waals surface area contributed by atoms with Gasteiger partial charge in [0.15, 0.2) is 5.82 Å². The first-order chi connectivity index (χ1) is 8.72. The van der Waals surface area contributed by atoms with Crippen LogP contribution in [0.5, 0.6) is 0 Å². The van der Waals surface area contributed by atoms with Crippen molar-refractivity contribution in [3.8, 4) is 11.3 Å². The summed E-state index contributed by atoms with van der Waals surface area (Å²) in [5.41, 5.74) is 1.81. The standard InChI is InChI=1S/C13H13BrClN3/c1-2-5-17-13-12(16-6-7-18-13)10-4-3-9(15)8-11(10)14/h3-4,6-8H,2,5H2,1H3,(H,17,18). The first-order valence-corrected chi connectivity index (χ1v) is 6.89. The van der Waals surface area contributed by atoms with Gasteiger partial charge in [0.25, 0.3) is 0 Å². The van der Waals surface area contributed by atoms with E-state index in [1.54, 1.807) is 12.4 Å². The molecule has 0 radical (unpaired) electrons. The third-order valence-electron chi connectivity index (χ3n) is 2.43. The highest BCUT2D eigenvalue weighted by Crippen LogP contribution is 2.32. The van der Waals surface area contributed by atoms with Crippen molar-refractivity contribution in [1.82, 2.24) is 9.97 Å². The Kier molecular flexibility index (Phi) is 4.55. The Bertz CT molecular complexity index is 546. The van der Waals surface area contributed by atoms with Gasteiger partial charge in [-0.3, -0.25) is 4.98 Å². The normalized spacial score (nSPS) is 10.4. The van der Waals surface area contributed by atoms with Crippen molar-refractivity contribution < 1.29 is 0 Å². The van der Waals surface area contributed by atoms with Gasteiger partial charge >= 0.3 is 0 Å². The first-order valence-electron chi connectivity index (χ1n) is 5.72. The Morgan fingerprint density at radius 3 is 2.78 bits per heavy atom. The highest BCUT2D eigenvalue weighted by atomic mass is 79.9. The number of rotatable bonds is 4. The predicted octanol–water partition coefficient (Wildman–Crippen LogP) is 4.38. The molecule has 0 atom stereocenters. The molecule has 0 saturated carbocycles. The van der Waals surface area contributed by atoms with Gasteiger partial charge in [-0.25, -0.2) is 4.98 Å². The van der Waals surface area contributed by atoms with Crippen molar-refractivity contribution in [2.45, 2.75) is 13.3 Å². The molecule has 0 aliphatic carbocycles. The van der Waals surface area contributed by atoms with Crippen LogP contribution in [0.25, 0.3) is 11.3 Å². The molecule has 0 amide bonds. The lowest BCUT2D eigenvalue weighted by Gasteiger charge is -2.10. The Morgan fingerprint density at radius 2 is 2.06 bits per heavy atom. The van der Waals surface area contributed by atoms with Gasteiger partial charge in [0.1, 0.15) is 5.69 Å². The molecule has 0 bridgehead atoms. The molecular formula is C13H13BrClN3. The van der Waals surface area contributed by atoms with Crippen LogP contribution in [0.3, 0.4) is 0 Å². The number of benzene rings is 1. The maximum atomic E-state index is 5.95. The lowest BCUT2D eigenvalue weighted by Crippen LogP contribution is -2.04. The molecule has 1 N–H and O–H groups in total. The quantitative estimate of drug-likeness (QED) is 0.906. The van der Waals surface area contributed by atoms with Crippen molar-refractivity contribution in [2.24, 2.45) is 0 Å². The Balaban J connectivity index is 2.43. The summed E-state index contributed by atoms with van der Waals surface area (Å²) in [5.74, 6) is 0.794. The number of nitrogens with zero attached hydrogens (tertiary/aromatic N) is 2. The highest BCUT2D eigenvalue weighted by molar-refractivity contribution is 9.10. The first kappa shape index (κ1) is 13.3. The number of anilines is 1. The average Bonchev–Trinajstić information content (AvgIpc) is 2.37. The third kappa shape index (κ3) is 3.00. The van der Waals surface area contributed by atoms with E-state index in [1.807, 2.05) is 18.2 Å². The molecule has 2 aromatic rings. The summed E-state index contributed by atoms with van der Waals surface area (Å²) in [5, 5.41) is 3.97. The molecule has 0 saturated heterocycles. The Labute approximate surface area is 120 Å². The minimum atomic E-state index is 0.692. The van der Waals surface area contributed by atoms with E-state index in [-0.39, 0.29) is 0 Å². The van der Waals surface area contributed by atoms with Crippen LogP contribution in [-0.4, -0.2) is 16.5 Å². The van der Waals surface area contributed by atoms with Crippen LogP contribution in [0.2, 0.25) is 5.02 Å². The molecule has 1 heterocycles. The van der Waals surface area contributed by atoms with Gasteiger partial charge in [-0.1, -0.05) is 40.5 Å². The van der Waals surface area contributed by atoms with Crippen LogP contribution in [0.4, 0.5) is 5.82 Å². The monoisotopic (exact) mass is 325 g/mol. The average molecular weight is 327 g/mol. The van der Waals surface area contributed by atoms with E-state index in [2.05, 4.69) is 38.1 Å². The summed E-state index contributed by atoms with van der Waals surface area (Å²) in [6.45, 7) is 2.98. The lowest BCUT2D eigenvalue weighted by atomic mass is 10.1. The molecule has 0 aliphatic heterocycles. The second-order valence-corrected chi connectivity index (χ2v) is 5.10. The van der Waals surface area contributed by atoms with Crippen LogP contribution < -0.4 is 5.32 Å². The molecule has 1 aromatic heterocycles. The van der Waals surface area contributed by atoms with Crippen molar-refractivity contribution in [2.75, 3.05) is 11.9 Å². The number of hydrogen-bond acceptors (Lipinski definition) is 3. The van der Waals surface area contributed by atoms with E-state index >= 15 is 0 Å². The maximum absolute atomic E-state index is 5.95. The van der Waals surface area contributed by atoms with Crippen LogP contribution in [0.1, 0.15) is 13.3 Å². The second-order valence-electron chi connectivity index (χ2n) is 3.80. The molecule has 18 heavy (non-hydrogen) atoms. The van der Waals surface area contributed by atoms with E-state index in [4.69, 9.17) is 11.6 Å². The van der Waals surface area contributed by atoms with Crippen LogP contribution in [-0.2, 0) is 0 Å². The van der Waals surface area contributed by atoms with Crippen molar-refractivity contribution >= 4 is 33.3 Å². The van der Waals surface area contributed by atoms with Crippen LogP contribution >= 0.6 is 27.5 Å². The SMILES string of the molecule is CCCNc1nccnc1-c1ccc(Cl)cc1Br. The molecule has 0 unspecified atom stereocenters. The number of halogens is 2. The summed E-state index contributed by atoms with van der Waals surface area (Å²) in [6.07, 6.45) is 4.41. The Hall–Kier alpha value is -1.13. The number of aromatic nitrogens is 2. The lowest BCUT2D eigenvalue weighted by molar-refractivity contribution is 0.966. The van der Waals surface area contributed by atoms with E-state index in [1.165, 1.54) is 0 Å². The molecule has 3 nitrogen and oxygen atoms in total. The van der Waals surface area contributed by atoms with Gasteiger partial charge in [-0.05, 0) is 18.6 Å². The highest BCUT2D eigenvalue weighted by Gasteiger charge is 2.10. The molecule has 0 spiro atoms. The molecule has 1 aromatic carbocycles. The number of hydrogen-bond donors (Lipinski definition) is 1. The smallest absolute Gasteiger partial charge is 0.152 e. The molecule has 5 heteroatoms. The number of nitrogens with one attached hydrogen (secondary N) is 1. The molecular weight excluding hydrogens is 314 g/mol. The van der Waals surface area contributed by atoms with E-state index < -0.39 is 0 Å². The van der Waals surface area contributed by atoms with E-state index in [9.17, 15) is 0 Å². The Morgan fingerprint density at radius 1 is 1.28 bits per heavy atom. The zero-order valence-corrected chi connectivity index (χ0v) is 12.3. The van der Waals surface area contributed by atoms with E-state index in [0.29, 0.717) is 5.02 Å². The molecule has 0 fully saturated rings. The van der Waals surface area contributed by atoms with Gasteiger partial charge in [0.2, 0.25) is 0 Å². The zero-order valence-electron chi connectivity index (χ0n) is 9.95. The summed E-state index contributed by atoms with van der Waals surface area (Å²) in [7, 11) is 0. The zero-order chi connectivity index (χ0) is 13.0. The second kappa shape index (κ2) is 6.16. The third-order valence-corrected chi connectivity index (χ3v) is 3.32. The topological polar surface area (TPSA) is 37.8 Å². The summed E-state index contributed by atoms with van der Waals surface area (Å²) >= 11 is 9.45. The van der Waals surface area contributed by atoms with Gasteiger partial charge < -0.3 is 5.32 Å². The minimum absolute atomic E-state index is 0.692. The van der Waals surface area contributed by atoms with Gasteiger partial charge in [-0.2, -0.15) is 0 Å². The van der Waals surface area contributed by atoms with Crippen molar-refractivity contribution in [3.63, 3.8) is 0 Å². The van der Waals surface area contributed by atoms with Crippen LogP contribution in [0.15, 0.2) is 35.1 Å². The van der Waals surface area contributed by atoms with Gasteiger partial charge in [0.05, 0.1) is 0 Å². The molecule has 2 rings (SSSR count). The van der Waals surface area contributed by atoms with Crippen LogP contribution in [0, 0.1) is 0 Å². The van der Waals surface area contributed by atoms with E-state index in [0.717, 1.165) is 34.5 Å². The predicted molar refractivity (Wildman–Crippen MR) is 79.0 cm³/mol. The summed E-state index contributed by atoms with van der Waals surface area (Å²) < 4.78 is 0.912. The van der Waals surface area contributed by atoms with Crippen molar-refractivity contribution in [3.05, 3.63) is 40.1 Å². The fraction of sp³-hybridized carbons (Fsp3) is 0.231. The molecule has 94 valence electrons. The fourth-order valence-corrected chi connectivity index (χ4v) is 2.46. The largest absolute Gasteiger partial charge is 0.368 e.